The second-order valence-electron chi connectivity index (χ2n) is 3.56. The van der Waals surface area contributed by atoms with Crippen LogP contribution in [-0.2, 0) is 6.42 Å². The Morgan fingerprint density at radius 2 is 2.00 bits per heavy atom. The van der Waals surface area contributed by atoms with Crippen LogP contribution in [0.5, 0.6) is 11.6 Å². The Hall–Kier alpha value is -1.66. The van der Waals surface area contributed by atoms with Crippen LogP contribution in [0.1, 0.15) is 12.7 Å². The molecule has 1 heterocycles. The van der Waals surface area contributed by atoms with Gasteiger partial charge in [-0.05, 0) is 24.3 Å². The van der Waals surface area contributed by atoms with Crippen molar-refractivity contribution in [3.63, 3.8) is 0 Å². The van der Waals surface area contributed by atoms with E-state index in [0.29, 0.717) is 29.7 Å². The average molecular weight is 309 g/mol. The van der Waals surface area contributed by atoms with Crippen LogP contribution in [-0.4, -0.2) is 9.97 Å². The fourth-order valence-electron chi connectivity index (χ4n) is 1.38. The van der Waals surface area contributed by atoms with Gasteiger partial charge in [-0.25, -0.2) is 10.8 Å². The first-order valence-electron chi connectivity index (χ1n) is 5.49. The number of aromatic nitrogens is 2. The Morgan fingerprint density at radius 1 is 1.28 bits per heavy atom. The minimum absolute atomic E-state index is 0.470. The highest BCUT2D eigenvalue weighted by atomic mass is 79.9. The molecule has 0 saturated heterocycles. The van der Waals surface area contributed by atoms with E-state index in [9.17, 15) is 0 Å². The van der Waals surface area contributed by atoms with Crippen molar-refractivity contribution in [1.82, 2.24) is 9.97 Å². The Morgan fingerprint density at radius 3 is 2.61 bits per heavy atom. The SMILES string of the molecule is CCc1nc(NN)cc(Oc2ccc(Br)cc2)n1. The molecule has 0 amide bonds. The fourth-order valence-corrected chi connectivity index (χ4v) is 1.64. The van der Waals surface area contributed by atoms with Crippen molar-refractivity contribution in [2.75, 3.05) is 5.43 Å². The van der Waals surface area contributed by atoms with E-state index in [1.54, 1.807) is 6.07 Å². The number of hydrazine groups is 1. The number of halogens is 1. The lowest BCUT2D eigenvalue weighted by Gasteiger charge is -2.08. The third-order valence-electron chi connectivity index (χ3n) is 2.25. The molecule has 0 fully saturated rings. The summed E-state index contributed by atoms with van der Waals surface area (Å²) in [7, 11) is 0. The maximum Gasteiger partial charge on any atom is 0.224 e. The van der Waals surface area contributed by atoms with Gasteiger partial charge in [-0.2, -0.15) is 4.98 Å². The Balaban J connectivity index is 2.25. The summed E-state index contributed by atoms with van der Waals surface area (Å²) in [6.45, 7) is 1.97. The van der Waals surface area contributed by atoms with Gasteiger partial charge in [-0.15, -0.1) is 0 Å². The first-order chi connectivity index (χ1) is 8.71. The zero-order chi connectivity index (χ0) is 13.0. The summed E-state index contributed by atoms with van der Waals surface area (Å²) >= 11 is 3.37. The van der Waals surface area contributed by atoms with E-state index in [1.165, 1.54) is 0 Å². The van der Waals surface area contributed by atoms with Crippen LogP contribution in [0.3, 0.4) is 0 Å². The first-order valence-corrected chi connectivity index (χ1v) is 6.28. The molecule has 0 unspecified atom stereocenters. The zero-order valence-corrected chi connectivity index (χ0v) is 11.4. The molecule has 1 aromatic carbocycles. The van der Waals surface area contributed by atoms with Gasteiger partial charge in [0.25, 0.3) is 0 Å². The van der Waals surface area contributed by atoms with Crippen LogP contribution in [0.2, 0.25) is 0 Å². The van der Waals surface area contributed by atoms with Gasteiger partial charge in [-0.1, -0.05) is 22.9 Å². The van der Waals surface area contributed by atoms with Crippen molar-refractivity contribution in [3.05, 3.63) is 40.6 Å². The summed E-state index contributed by atoms with van der Waals surface area (Å²) in [6, 6.07) is 9.17. The van der Waals surface area contributed by atoms with Crippen molar-refractivity contribution in [3.8, 4) is 11.6 Å². The molecule has 18 heavy (non-hydrogen) atoms. The van der Waals surface area contributed by atoms with Crippen LogP contribution in [0, 0.1) is 0 Å². The monoisotopic (exact) mass is 308 g/mol. The summed E-state index contributed by atoms with van der Waals surface area (Å²) in [5, 5.41) is 0. The van der Waals surface area contributed by atoms with E-state index in [2.05, 4.69) is 31.3 Å². The van der Waals surface area contributed by atoms with Gasteiger partial charge in [0.05, 0.1) is 0 Å². The van der Waals surface area contributed by atoms with Crippen molar-refractivity contribution in [1.29, 1.82) is 0 Å². The molecular formula is C12H13BrN4O. The molecule has 6 heteroatoms. The molecule has 94 valence electrons. The number of hydrogen-bond donors (Lipinski definition) is 2. The topological polar surface area (TPSA) is 73.1 Å². The standard InChI is InChI=1S/C12H13BrN4O/c1-2-10-15-11(17-14)7-12(16-10)18-9-5-3-8(13)4-6-9/h3-7H,2,14H2,1H3,(H,15,16,17). The van der Waals surface area contributed by atoms with Crippen molar-refractivity contribution >= 4 is 21.7 Å². The minimum atomic E-state index is 0.470. The van der Waals surface area contributed by atoms with Crippen molar-refractivity contribution in [2.24, 2.45) is 5.84 Å². The first kappa shape index (κ1) is 12.8. The number of benzene rings is 1. The van der Waals surface area contributed by atoms with E-state index >= 15 is 0 Å². The Bertz CT molecular complexity index is 508. The second-order valence-corrected chi connectivity index (χ2v) is 4.48. The van der Waals surface area contributed by atoms with Crippen LogP contribution in [0.15, 0.2) is 34.8 Å². The lowest BCUT2D eigenvalue weighted by molar-refractivity contribution is 0.459. The third kappa shape index (κ3) is 3.18. The lowest BCUT2D eigenvalue weighted by atomic mass is 10.3. The van der Waals surface area contributed by atoms with Gasteiger partial charge >= 0.3 is 0 Å². The summed E-state index contributed by atoms with van der Waals surface area (Å²) in [5.74, 6) is 7.75. The number of anilines is 1. The van der Waals surface area contributed by atoms with Gasteiger partial charge in [-0.3, -0.25) is 0 Å². The molecule has 0 bridgehead atoms. The van der Waals surface area contributed by atoms with Gasteiger partial charge < -0.3 is 10.2 Å². The van der Waals surface area contributed by atoms with Crippen LogP contribution >= 0.6 is 15.9 Å². The fraction of sp³-hybridized carbons (Fsp3) is 0.167. The minimum Gasteiger partial charge on any atom is -0.439 e. The maximum atomic E-state index is 5.65. The number of nitrogen functional groups attached to an aromatic ring is 1. The Kier molecular flexibility index (Phi) is 4.11. The molecule has 1 aromatic heterocycles. The summed E-state index contributed by atoms with van der Waals surface area (Å²) in [6.07, 6.45) is 0.715. The largest absolute Gasteiger partial charge is 0.439 e. The lowest BCUT2D eigenvalue weighted by Crippen LogP contribution is -2.10. The van der Waals surface area contributed by atoms with Gasteiger partial charge in [0.15, 0.2) is 0 Å². The predicted molar refractivity (Wildman–Crippen MR) is 73.4 cm³/mol. The maximum absolute atomic E-state index is 5.65. The molecule has 0 aliphatic carbocycles. The quantitative estimate of drug-likeness (QED) is 0.671. The molecule has 0 aliphatic rings. The molecule has 0 saturated carbocycles. The predicted octanol–water partition coefficient (Wildman–Crippen LogP) is 2.88. The molecule has 0 atom stereocenters. The van der Waals surface area contributed by atoms with E-state index in [4.69, 9.17) is 10.6 Å². The second kappa shape index (κ2) is 5.79. The summed E-state index contributed by atoms with van der Waals surface area (Å²) in [5.41, 5.74) is 2.50. The molecule has 5 nitrogen and oxygen atoms in total. The number of aryl methyl sites for hydroxylation is 1. The summed E-state index contributed by atoms with van der Waals surface area (Å²) in [4.78, 5) is 8.47. The van der Waals surface area contributed by atoms with Crippen LogP contribution in [0.25, 0.3) is 0 Å². The van der Waals surface area contributed by atoms with E-state index < -0.39 is 0 Å². The number of nitrogens with one attached hydrogen (secondary N) is 1. The molecule has 2 aromatic rings. The van der Waals surface area contributed by atoms with E-state index in [1.807, 2.05) is 31.2 Å². The number of nitrogens with two attached hydrogens (primary N) is 1. The Labute approximate surface area is 113 Å². The molecule has 2 rings (SSSR count). The van der Waals surface area contributed by atoms with E-state index in [0.717, 1.165) is 4.47 Å². The van der Waals surface area contributed by atoms with Gasteiger partial charge in [0, 0.05) is 17.0 Å². The highest BCUT2D eigenvalue weighted by Gasteiger charge is 2.05. The number of hydrogen-bond acceptors (Lipinski definition) is 5. The number of nitrogens with zero attached hydrogens (tertiary/aromatic N) is 2. The van der Waals surface area contributed by atoms with Crippen molar-refractivity contribution in [2.45, 2.75) is 13.3 Å². The van der Waals surface area contributed by atoms with Crippen LogP contribution < -0.4 is 16.0 Å². The van der Waals surface area contributed by atoms with Crippen LogP contribution in [0.4, 0.5) is 5.82 Å². The zero-order valence-electron chi connectivity index (χ0n) is 9.85. The average Bonchev–Trinajstić information content (AvgIpc) is 2.41. The van der Waals surface area contributed by atoms with E-state index in [-0.39, 0.29) is 0 Å². The molecule has 0 radical (unpaired) electrons. The normalized spacial score (nSPS) is 10.2. The van der Waals surface area contributed by atoms with Gasteiger partial charge in [0.2, 0.25) is 5.88 Å². The molecule has 0 aliphatic heterocycles. The smallest absolute Gasteiger partial charge is 0.224 e. The van der Waals surface area contributed by atoms with Gasteiger partial charge in [0.1, 0.15) is 17.4 Å². The molecule has 0 spiro atoms. The number of rotatable bonds is 4. The van der Waals surface area contributed by atoms with Crippen molar-refractivity contribution < 1.29 is 4.74 Å². The number of ether oxygens (including phenoxy) is 1. The molecular weight excluding hydrogens is 296 g/mol. The highest BCUT2D eigenvalue weighted by molar-refractivity contribution is 9.10. The summed E-state index contributed by atoms with van der Waals surface area (Å²) < 4.78 is 6.65. The highest BCUT2D eigenvalue weighted by Crippen LogP contribution is 2.23. The molecule has 3 N–H and O–H groups in total. The third-order valence-corrected chi connectivity index (χ3v) is 2.78.